The summed E-state index contributed by atoms with van der Waals surface area (Å²) in [6, 6.07) is 21.6. The monoisotopic (exact) mass is 512 g/mol. The second kappa shape index (κ2) is 13.2. The number of hydrogen-bond donors (Lipinski definition) is 2. The van der Waals surface area contributed by atoms with Crippen molar-refractivity contribution in [2.24, 2.45) is 0 Å². The van der Waals surface area contributed by atoms with Gasteiger partial charge in [-0.2, -0.15) is 0 Å². The number of aromatic hydroxyl groups is 1. The van der Waals surface area contributed by atoms with E-state index >= 15 is 0 Å². The van der Waals surface area contributed by atoms with Crippen LogP contribution in [0.15, 0.2) is 60.7 Å². The molecule has 0 spiro atoms. The van der Waals surface area contributed by atoms with Crippen molar-refractivity contribution in [1.29, 1.82) is 0 Å². The highest BCUT2D eigenvalue weighted by Gasteiger charge is 2.23. The fourth-order valence-corrected chi connectivity index (χ4v) is 6.21. The molecule has 1 fully saturated rings. The molecule has 1 heterocycles. The summed E-state index contributed by atoms with van der Waals surface area (Å²) in [5.74, 6) is 1.74. The number of likely N-dealkylation sites (tertiary alicyclic amines) is 1. The molecule has 0 aromatic heterocycles. The summed E-state index contributed by atoms with van der Waals surface area (Å²) in [6.07, 6.45) is 12.0. The van der Waals surface area contributed by atoms with E-state index in [4.69, 9.17) is 4.74 Å². The quantitative estimate of drug-likeness (QED) is 0.284. The van der Waals surface area contributed by atoms with Gasteiger partial charge in [0.1, 0.15) is 11.5 Å². The van der Waals surface area contributed by atoms with Crippen molar-refractivity contribution in [3.8, 4) is 11.5 Å². The molecule has 0 amide bonds. The summed E-state index contributed by atoms with van der Waals surface area (Å²) < 4.78 is 5.55. The minimum Gasteiger partial charge on any atom is -0.508 e. The normalized spacial score (nSPS) is 18.0. The van der Waals surface area contributed by atoms with Crippen molar-refractivity contribution in [3.63, 3.8) is 0 Å². The first kappa shape index (κ1) is 26.6. The van der Waals surface area contributed by atoms with Crippen LogP contribution in [0.3, 0.4) is 0 Å². The molecular weight excluding hydrogens is 468 g/mol. The average molecular weight is 513 g/mol. The van der Waals surface area contributed by atoms with Crippen LogP contribution in [0.1, 0.15) is 72.3 Å². The summed E-state index contributed by atoms with van der Waals surface area (Å²) in [5, 5.41) is 13.6. The zero-order chi connectivity index (χ0) is 26.2. The molecule has 2 aliphatic rings. The lowest BCUT2D eigenvalue weighted by molar-refractivity contribution is 0.289. The Morgan fingerprint density at radius 1 is 0.868 bits per heavy atom. The van der Waals surface area contributed by atoms with Gasteiger partial charge in [-0.15, -0.1) is 0 Å². The van der Waals surface area contributed by atoms with Crippen LogP contribution in [0.5, 0.6) is 11.5 Å². The molecule has 2 N–H and O–H groups in total. The first-order chi connectivity index (χ1) is 18.7. The smallest absolute Gasteiger partial charge is 0.120 e. The Hall–Kier alpha value is -2.98. The molecule has 3 aromatic carbocycles. The van der Waals surface area contributed by atoms with Gasteiger partial charge in [0.25, 0.3) is 0 Å². The molecule has 0 radical (unpaired) electrons. The lowest BCUT2D eigenvalue weighted by Gasteiger charge is -2.27. The van der Waals surface area contributed by atoms with Crippen LogP contribution in [0.25, 0.3) is 0 Å². The van der Waals surface area contributed by atoms with E-state index in [-0.39, 0.29) is 0 Å². The van der Waals surface area contributed by atoms with E-state index < -0.39 is 0 Å². The van der Waals surface area contributed by atoms with Crippen LogP contribution >= 0.6 is 0 Å². The van der Waals surface area contributed by atoms with E-state index in [0.717, 1.165) is 50.8 Å². The third kappa shape index (κ3) is 7.11. The molecule has 3 aromatic rings. The molecule has 1 atom stereocenters. The van der Waals surface area contributed by atoms with E-state index in [9.17, 15) is 5.11 Å². The number of fused-ring (bicyclic) bond motifs is 1. The van der Waals surface area contributed by atoms with Gasteiger partial charge in [0, 0.05) is 24.8 Å². The number of ether oxygens (including phenoxy) is 1. The molecule has 0 bridgehead atoms. The summed E-state index contributed by atoms with van der Waals surface area (Å²) in [7, 11) is 1.74. The number of aryl methyl sites for hydroxylation is 2. The first-order valence-corrected chi connectivity index (χ1v) is 14.7. The van der Waals surface area contributed by atoms with Gasteiger partial charge in [0.15, 0.2) is 0 Å². The highest BCUT2D eigenvalue weighted by Crippen LogP contribution is 2.38. The Morgan fingerprint density at radius 3 is 2.39 bits per heavy atom. The van der Waals surface area contributed by atoms with Crippen LogP contribution in [-0.4, -0.2) is 43.3 Å². The highest BCUT2D eigenvalue weighted by atomic mass is 16.5. The van der Waals surface area contributed by atoms with Crippen molar-refractivity contribution in [1.82, 2.24) is 4.90 Å². The fourth-order valence-electron chi connectivity index (χ4n) is 6.21. The minimum atomic E-state index is 0.372. The van der Waals surface area contributed by atoms with Gasteiger partial charge in [-0.05, 0) is 116 Å². The lowest BCUT2D eigenvalue weighted by atomic mass is 9.79. The van der Waals surface area contributed by atoms with Gasteiger partial charge in [-0.3, -0.25) is 0 Å². The Kier molecular flexibility index (Phi) is 9.24. The van der Waals surface area contributed by atoms with Gasteiger partial charge in [0.05, 0.1) is 7.11 Å². The van der Waals surface area contributed by atoms with Crippen molar-refractivity contribution < 1.29 is 9.84 Å². The molecule has 1 saturated heterocycles. The third-order valence-corrected chi connectivity index (χ3v) is 8.51. The number of phenols is 1. The Morgan fingerprint density at radius 2 is 1.63 bits per heavy atom. The molecule has 38 heavy (non-hydrogen) atoms. The number of benzene rings is 3. The standard InChI is InChI=1S/C34H44N2O2/c1-38-32-16-17-33(30-13-12-29-24-31(37)15-14-28(29)23-30)34(25-32)35-19-6-7-26-8-10-27(11-9-26)18-22-36-20-4-2-3-5-21-36/h8-11,14-17,24-25,30,35,37H,2-7,12-13,18-23H2,1H3. The van der Waals surface area contributed by atoms with E-state index in [1.807, 2.05) is 12.1 Å². The molecule has 4 nitrogen and oxygen atoms in total. The molecular formula is C34H44N2O2. The van der Waals surface area contributed by atoms with E-state index in [1.165, 1.54) is 78.8 Å². The second-order valence-electron chi connectivity index (χ2n) is 11.2. The topological polar surface area (TPSA) is 44.7 Å². The summed E-state index contributed by atoms with van der Waals surface area (Å²) in [6.45, 7) is 4.69. The number of nitrogens with zero attached hydrogens (tertiary/aromatic N) is 1. The van der Waals surface area contributed by atoms with Gasteiger partial charge in [-0.25, -0.2) is 0 Å². The second-order valence-corrected chi connectivity index (χ2v) is 11.2. The lowest BCUT2D eigenvalue weighted by Crippen LogP contribution is -2.26. The molecule has 1 aliphatic carbocycles. The molecule has 202 valence electrons. The van der Waals surface area contributed by atoms with Gasteiger partial charge in [-0.1, -0.05) is 49.2 Å². The number of methoxy groups -OCH3 is 1. The Labute approximate surface area is 229 Å². The number of rotatable bonds is 10. The summed E-state index contributed by atoms with van der Waals surface area (Å²) >= 11 is 0. The Balaban J connectivity index is 1.13. The average Bonchev–Trinajstić information content (AvgIpc) is 3.23. The van der Waals surface area contributed by atoms with Gasteiger partial charge >= 0.3 is 0 Å². The first-order valence-electron chi connectivity index (χ1n) is 14.7. The zero-order valence-electron chi connectivity index (χ0n) is 23.1. The summed E-state index contributed by atoms with van der Waals surface area (Å²) in [4.78, 5) is 2.65. The molecule has 4 heteroatoms. The van der Waals surface area contributed by atoms with Crippen LogP contribution in [0.2, 0.25) is 0 Å². The number of anilines is 1. The van der Waals surface area contributed by atoms with Crippen molar-refractivity contribution in [2.75, 3.05) is 38.6 Å². The van der Waals surface area contributed by atoms with Gasteiger partial charge in [0.2, 0.25) is 0 Å². The van der Waals surface area contributed by atoms with Crippen LogP contribution in [0.4, 0.5) is 5.69 Å². The van der Waals surface area contributed by atoms with E-state index in [1.54, 1.807) is 7.11 Å². The maximum Gasteiger partial charge on any atom is 0.120 e. The van der Waals surface area contributed by atoms with Crippen molar-refractivity contribution >= 4 is 5.69 Å². The van der Waals surface area contributed by atoms with E-state index in [2.05, 4.69) is 58.7 Å². The molecule has 5 rings (SSSR count). The third-order valence-electron chi connectivity index (χ3n) is 8.51. The highest BCUT2D eigenvalue weighted by molar-refractivity contribution is 5.57. The van der Waals surface area contributed by atoms with Crippen LogP contribution in [0, 0.1) is 0 Å². The predicted molar refractivity (Wildman–Crippen MR) is 158 cm³/mol. The number of phenolic OH excluding ortho intramolecular Hbond substituents is 1. The molecule has 1 unspecified atom stereocenters. The van der Waals surface area contributed by atoms with Crippen molar-refractivity contribution in [3.05, 3.63) is 88.5 Å². The largest absolute Gasteiger partial charge is 0.508 e. The van der Waals surface area contributed by atoms with E-state index in [0.29, 0.717) is 11.7 Å². The minimum absolute atomic E-state index is 0.372. The number of hydrogen-bond acceptors (Lipinski definition) is 4. The van der Waals surface area contributed by atoms with Crippen LogP contribution < -0.4 is 10.1 Å². The number of nitrogens with one attached hydrogen (secondary N) is 1. The SMILES string of the molecule is COc1ccc(C2CCc3cc(O)ccc3C2)c(NCCCc2ccc(CCN3CCCCCC3)cc2)c1. The fraction of sp³-hybridized carbons (Fsp3) is 0.471. The van der Waals surface area contributed by atoms with Crippen molar-refractivity contribution in [2.45, 2.75) is 70.1 Å². The summed E-state index contributed by atoms with van der Waals surface area (Å²) in [5.41, 5.74) is 8.09. The van der Waals surface area contributed by atoms with Gasteiger partial charge < -0.3 is 20.1 Å². The molecule has 0 saturated carbocycles. The zero-order valence-corrected chi connectivity index (χ0v) is 23.1. The maximum absolute atomic E-state index is 9.85. The van der Waals surface area contributed by atoms with Crippen LogP contribution in [-0.2, 0) is 25.7 Å². The Bertz CT molecular complexity index is 1170. The maximum atomic E-state index is 9.85. The predicted octanol–water partition coefficient (Wildman–Crippen LogP) is 7.14. The molecule has 1 aliphatic heterocycles.